The molecule has 2 N–H and O–H groups in total. The zero-order chi connectivity index (χ0) is 15.2. The van der Waals surface area contributed by atoms with Gasteiger partial charge in [-0.2, -0.15) is 0 Å². The fourth-order valence-electron chi connectivity index (χ4n) is 2.05. The molecule has 0 saturated carbocycles. The molecule has 0 heterocycles. The Morgan fingerprint density at radius 3 is 2.48 bits per heavy atom. The number of nitrogens with zero attached hydrogens (tertiary/aromatic N) is 1. The fraction of sp³-hybridized carbons (Fsp3) is 0.250. The Bertz CT molecular complexity index is 609. The average Bonchev–Trinajstić information content (AvgIpc) is 2.48. The van der Waals surface area contributed by atoms with E-state index < -0.39 is 0 Å². The molecule has 2 aromatic rings. The van der Waals surface area contributed by atoms with Gasteiger partial charge in [0.2, 0.25) is 0 Å². The van der Waals surface area contributed by atoms with Crippen LogP contribution in [0.3, 0.4) is 0 Å². The van der Waals surface area contributed by atoms with Gasteiger partial charge in [0.1, 0.15) is 5.75 Å². The molecule has 0 saturated heterocycles. The first-order valence-corrected chi connectivity index (χ1v) is 6.78. The van der Waals surface area contributed by atoms with Crippen LogP contribution in [0, 0.1) is 10.1 Å². The number of nitrogens with two attached hydrogens (primary N) is 1. The Morgan fingerprint density at radius 2 is 1.86 bits per heavy atom. The number of hydrogen-bond donors (Lipinski definition) is 1. The largest absolute Gasteiger partial charge is 0.493 e. The maximum Gasteiger partial charge on any atom is 0.272 e. The van der Waals surface area contributed by atoms with Gasteiger partial charge in [-0.1, -0.05) is 30.3 Å². The summed E-state index contributed by atoms with van der Waals surface area (Å²) in [7, 11) is 0. The van der Waals surface area contributed by atoms with Crippen LogP contribution in [0.15, 0.2) is 48.5 Å². The highest BCUT2D eigenvalue weighted by Crippen LogP contribution is 2.19. The van der Waals surface area contributed by atoms with Gasteiger partial charge in [-0.3, -0.25) is 10.1 Å². The lowest BCUT2D eigenvalue weighted by Crippen LogP contribution is -2.06. The van der Waals surface area contributed by atoms with Gasteiger partial charge in [0.25, 0.3) is 5.69 Å². The molecule has 0 spiro atoms. The van der Waals surface area contributed by atoms with E-state index in [1.807, 2.05) is 31.2 Å². The Kier molecular flexibility index (Phi) is 4.90. The maximum atomic E-state index is 10.9. The van der Waals surface area contributed by atoms with Crippen LogP contribution in [0.1, 0.15) is 24.1 Å². The van der Waals surface area contributed by atoms with Crippen LogP contribution in [0.5, 0.6) is 5.75 Å². The molecular formula is C16H18N2O3. The van der Waals surface area contributed by atoms with Crippen molar-refractivity contribution in [1.82, 2.24) is 0 Å². The van der Waals surface area contributed by atoms with Crippen molar-refractivity contribution in [1.29, 1.82) is 0 Å². The summed E-state index contributed by atoms with van der Waals surface area (Å²) < 4.78 is 5.62. The van der Waals surface area contributed by atoms with Crippen molar-refractivity contribution in [3.05, 3.63) is 69.8 Å². The second-order valence-corrected chi connectivity index (χ2v) is 4.84. The number of nitro groups is 1. The van der Waals surface area contributed by atoms with E-state index in [9.17, 15) is 10.1 Å². The van der Waals surface area contributed by atoms with Crippen molar-refractivity contribution >= 4 is 5.69 Å². The first-order valence-electron chi connectivity index (χ1n) is 6.78. The minimum Gasteiger partial charge on any atom is -0.493 e. The van der Waals surface area contributed by atoms with Gasteiger partial charge in [0, 0.05) is 24.1 Å². The summed E-state index contributed by atoms with van der Waals surface area (Å²) in [5, 5.41) is 10.9. The van der Waals surface area contributed by atoms with Crippen molar-refractivity contribution in [2.24, 2.45) is 5.73 Å². The van der Waals surface area contributed by atoms with E-state index in [-0.39, 0.29) is 16.7 Å². The van der Waals surface area contributed by atoms with Gasteiger partial charge in [-0.15, -0.1) is 0 Å². The van der Waals surface area contributed by atoms with Gasteiger partial charge < -0.3 is 10.5 Å². The van der Waals surface area contributed by atoms with Crippen LogP contribution in [-0.4, -0.2) is 11.5 Å². The molecule has 0 radical (unpaired) electrons. The summed E-state index contributed by atoms with van der Waals surface area (Å²) in [6.07, 6.45) is 0.492. The van der Waals surface area contributed by atoms with Crippen LogP contribution in [0.2, 0.25) is 0 Å². The lowest BCUT2D eigenvalue weighted by molar-refractivity contribution is -0.385. The highest BCUT2D eigenvalue weighted by atomic mass is 16.6. The van der Waals surface area contributed by atoms with Crippen molar-refractivity contribution in [3.63, 3.8) is 0 Å². The maximum absolute atomic E-state index is 10.9. The normalized spacial score (nSPS) is 11.9. The van der Waals surface area contributed by atoms with Crippen molar-refractivity contribution in [2.45, 2.75) is 19.4 Å². The van der Waals surface area contributed by atoms with E-state index in [2.05, 4.69) is 0 Å². The molecule has 21 heavy (non-hydrogen) atoms. The standard InChI is InChI=1S/C16H18N2O3/c1-12(17)13-6-8-15(9-7-13)21-11-10-14-4-2-3-5-16(14)18(19)20/h2-9,12H,10-11,17H2,1H3. The minimum absolute atomic E-state index is 0.00832. The molecule has 1 atom stereocenters. The summed E-state index contributed by atoms with van der Waals surface area (Å²) in [4.78, 5) is 10.5. The smallest absolute Gasteiger partial charge is 0.272 e. The van der Waals surface area contributed by atoms with Crippen LogP contribution in [0.4, 0.5) is 5.69 Å². The predicted octanol–water partition coefficient (Wildman–Crippen LogP) is 3.24. The Labute approximate surface area is 123 Å². The molecular weight excluding hydrogens is 268 g/mol. The molecule has 0 amide bonds. The van der Waals surface area contributed by atoms with E-state index in [4.69, 9.17) is 10.5 Å². The van der Waals surface area contributed by atoms with Crippen LogP contribution in [0.25, 0.3) is 0 Å². The van der Waals surface area contributed by atoms with E-state index >= 15 is 0 Å². The van der Waals surface area contributed by atoms with Gasteiger partial charge >= 0.3 is 0 Å². The third-order valence-corrected chi connectivity index (χ3v) is 3.23. The molecule has 0 bridgehead atoms. The molecule has 0 fully saturated rings. The Morgan fingerprint density at radius 1 is 1.19 bits per heavy atom. The van der Waals surface area contributed by atoms with Crippen molar-refractivity contribution in [2.75, 3.05) is 6.61 Å². The molecule has 0 aromatic heterocycles. The number of hydrogen-bond acceptors (Lipinski definition) is 4. The second-order valence-electron chi connectivity index (χ2n) is 4.84. The highest BCUT2D eigenvalue weighted by molar-refractivity contribution is 5.40. The van der Waals surface area contributed by atoms with Crippen LogP contribution < -0.4 is 10.5 Å². The summed E-state index contributed by atoms with van der Waals surface area (Å²) >= 11 is 0. The molecule has 0 aliphatic rings. The number of nitro benzene ring substituents is 1. The van der Waals surface area contributed by atoms with Crippen LogP contribution in [-0.2, 0) is 6.42 Å². The lowest BCUT2D eigenvalue weighted by Gasteiger charge is -2.09. The average molecular weight is 286 g/mol. The van der Waals surface area contributed by atoms with Crippen molar-refractivity contribution < 1.29 is 9.66 Å². The fourth-order valence-corrected chi connectivity index (χ4v) is 2.05. The van der Waals surface area contributed by atoms with Crippen LogP contribution >= 0.6 is 0 Å². The van der Waals surface area contributed by atoms with E-state index in [0.29, 0.717) is 18.6 Å². The number of para-hydroxylation sites is 1. The number of ether oxygens (including phenoxy) is 1. The molecule has 5 nitrogen and oxygen atoms in total. The minimum atomic E-state index is -0.368. The van der Waals surface area contributed by atoms with E-state index in [0.717, 1.165) is 11.3 Å². The zero-order valence-corrected chi connectivity index (χ0v) is 11.9. The first kappa shape index (κ1) is 15.0. The third-order valence-electron chi connectivity index (χ3n) is 3.23. The third kappa shape index (κ3) is 4.03. The second kappa shape index (κ2) is 6.85. The Balaban J connectivity index is 1.94. The van der Waals surface area contributed by atoms with Crippen molar-refractivity contribution in [3.8, 4) is 5.75 Å². The number of rotatable bonds is 6. The topological polar surface area (TPSA) is 78.4 Å². The summed E-state index contributed by atoms with van der Waals surface area (Å²) in [6.45, 7) is 2.31. The molecule has 1 unspecified atom stereocenters. The molecule has 5 heteroatoms. The van der Waals surface area contributed by atoms with E-state index in [1.165, 1.54) is 6.07 Å². The molecule has 0 aliphatic heterocycles. The zero-order valence-electron chi connectivity index (χ0n) is 11.9. The highest BCUT2D eigenvalue weighted by Gasteiger charge is 2.11. The summed E-state index contributed by atoms with van der Waals surface area (Å²) in [5.74, 6) is 0.734. The van der Waals surface area contributed by atoms with Gasteiger partial charge in [0.15, 0.2) is 0 Å². The van der Waals surface area contributed by atoms with E-state index in [1.54, 1.807) is 18.2 Å². The summed E-state index contributed by atoms with van der Waals surface area (Å²) in [6, 6.07) is 14.3. The van der Waals surface area contributed by atoms with Gasteiger partial charge in [-0.25, -0.2) is 0 Å². The predicted molar refractivity (Wildman–Crippen MR) is 81.3 cm³/mol. The quantitative estimate of drug-likeness (QED) is 0.653. The van der Waals surface area contributed by atoms with Gasteiger partial charge in [0.05, 0.1) is 11.5 Å². The first-order chi connectivity index (χ1) is 10.1. The molecule has 2 rings (SSSR count). The van der Waals surface area contributed by atoms with Gasteiger partial charge in [-0.05, 0) is 24.6 Å². The molecule has 110 valence electrons. The summed E-state index contributed by atoms with van der Waals surface area (Å²) in [5.41, 5.74) is 7.63. The number of benzene rings is 2. The molecule has 0 aliphatic carbocycles. The molecule has 2 aromatic carbocycles. The lowest BCUT2D eigenvalue weighted by atomic mass is 10.1. The monoisotopic (exact) mass is 286 g/mol. The Hall–Kier alpha value is -2.40. The SMILES string of the molecule is CC(N)c1ccc(OCCc2ccccc2[N+](=O)[O-])cc1.